The van der Waals surface area contributed by atoms with Gasteiger partial charge in [-0.1, -0.05) is 0 Å². The van der Waals surface area contributed by atoms with Gasteiger partial charge < -0.3 is 4.90 Å². The lowest BCUT2D eigenvalue weighted by Crippen LogP contribution is -2.48. The quantitative estimate of drug-likeness (QED) is 0.801. The predicted molar refractivity (Wildman–Crippen MR) is 68.8 cm³/mol. The summed E-state index contributed by atoms with van der Waals surface area (Å²) in [4.78, 5) is 20.4. The van der Waals surface area contributed by atoms with Gasteiger partial charge in [0.2, 0.25) is 5.91 Å². The number of hydrogen-bond acceptors (Lipinski definition) is 3. The molecule has 1 aliphatic heterocycles. The summed E-state index contributed by atoms with van der Waals surface area (Å²) in [5.74, 6) is 0.746. The molecule has 2 heterocycles. The number of carbonyl (C=O) groups excluding carboxylic acids is 1. The van der Waals surface area contributed by atoms with Gasteiger partial charge in [-0.2, -0.15) is 0 Å². The minimum absolute atomic E-state index is 0.358. The van der Waals surface area contributed by atoms with E-state index in [0.29, 0.717) is 11.8 Å². The number of nitrogens with zero attached hydrogens (tertiary/aromatic N) is 3. The summed E-state index contributed by atoms with van der Waals surface area (Å²) in [6, 6.07) is 4.11. The van der Waals surface area contributed by atoms with Crippen LogP contribution in [0.3, 0.4) is 0 Å². The van der Waals surface area contributed by atoms with Crippen molar-refractivity contribution in [2.45, 2.75) is 19.4 Å². The van der Waals surface area contributed by atoms with E-state index in [1.165, 1.54) is 5.56 Å². The summed E-state index contributed by atoms with van der Waals surface area (Å²) >= 11 is 0. The SMILES string of the molecule is O=C(C1CC1)N1CCN(Cc2ccncc2)CC1. The molecule has 0 radical (unpaired) electrons. The molecule has 1 amide bonds. The van der Waals surface area contributed by atoms with Crippen LogP contribution in [0.15, 0.2) is 24.5 Å². The fourth-order valence-electron chi connectivity index (χ4n) is 2.46. The molecule has 2 aliphatic rings. The number of amides is 1. The first kappa shape index (κ1) is 11.7. The van der Waals surface area contributed by atoms with Crippen LogP contribution in [-0.2, 0) is 11.3 Å². The van der Waals surface area contributed by atoms with Gasteiger partial charge in [-0.3, -0.25) is 14.7 Å². The van der Waals surface area contributed by atoms with Crippen LogP contribution in [0.1, 0.15) is 18.4 Å². The maximum absolute atomic E-state index is 11.9. The number of hydrogen-bond donors (Lipinski definition) is 0. The van der Waals surface area contributed by atoms with E-state index in [0.717, 1.165) is 45.6 Å². The average Bonchev–Trinajstić information content (AvgIpc) is 3.24. The largest absolute Gasteiger partial charge is 0.340 e. The van der Waals surface area contributed by atoms with E-state index in [1.807, 2.05) is 17.3 Å². The highest BCUT2D eigenvalue weighted by Crippen LogP contribution is 2.31. The maximum atomic E-state index is 11.9. The van der Waals surface area contributed by atoms with Gasteiger partial charge in [0.1, 0.15) is 0 Å². The number of pyridine rings is 1. The Morgan fingerprint density at radius 2 is 1.83 bits per heavy atom. The molecule has 0 spiro atoms. The second kappa shape index (κ2) is 5.06. The smallest absolute Gasteiger partial charge is 0.225 e. The normalized spacial score (nSPS) is 21.0. The van der Waals surface area contributed by atoms with Gasteiger partial charge in [-0.15, -0.1) is 0 Å². The lowest BCUT2D eigenvalue weighted by molar-refractivity contribution is -0.134. The number of carbonyl (C=O) groups is 1. The minimum atomic E-state index is 0.358. The van der Waals surface area contributed by atoms with E-state index < -0.39 is 0 Å². The fraction of sp³-hybridized carbons (Fsp3) is 0.571. The van der Waals surface area contributed by atoms with E-state index >= 15 is 0 Å². The molecule has 0 unspecified atom stereocenters. The van der Waals surface area contributed by atoms with Crippen LogP contribution in [0, 0.1) is 5.92 Å². The van der Waals surface area contributed by atoms with E-state index in [4.69, 9.17) is 0 Å². The zero-order chi connectivity index (χ0) is 12.4. The summed E-state index contributed by atoms with van der Waals surface area (Å²) in [6.07, 6.45) is 5.89. The van der Waals surface area contributed by atoms with Gasteiger partial charge in [0.25, 0.3) is 0 Å². The Balaban J connectivity index is 1.49. The first-order chi connectivity index (χ1) is 8.83. The Morgan fingerprint density at radius 1 is 1.17 bits per heavy atom. The lowest BCUT2D eigenvalue weighted by atomic mass is 10.2. The van der Waals surface area contributed by atoms with Crippen LogP contribution >= 0.6 is 0 Å². The molecule has 1 aromatic heterocycles. The van der Waals surface area contributed by atoms with Crippen molar-refractivity contribution in [2.75, 3.05) is 26.2 Å². The Bertz CT molecular complexity index is 408. The standard InChI is InChI=1S/C14H19N3O/c18-14(13-1-2-13)17-9-7-16(8-10-17)11-12-3-5-15-6-4-12/h3-6,13H,1-2,7-11H2. The highest BCUT2D eigenvalue weighted by atomic mass is 16.2. The first-order valence-electron chi connectivity index (χ1n) is 6.73. The van der Waals surface area contributed by atoms with Crippen molar-refractivity contribution in [3.8, 4) is 0 Å². The first-order valence-corrected chi connectivity index (χ1v) is 6.73. The third kappa shape index (κ3) is 2.70. The van der Waals surface area contributed by atoms with Crippen molar-refractivity contribution in [1.29, 1.82) is 0 Å². The average molecular weight is 245 g/mol. The molecule has 96 valence electrons. The second-order valence-electron chi connectivity index (χ2n) is 5.23. The van der Waals surface area contributed by atoms with Crippen molar-refractivity contribution in [3.05, 3.63) is 30.1 Å². The van der Waals surface area contributed by atoms with Gasteiger partial charge in [-0.25, -0.2) is 0 Å². The highest BCUT2D eigenvalue weighted by Gasteiger charge is 2.34. The molecule has 1 aromatic rings. The van der Waals surface area contributed by atoms with Crippen LogP contribution in [0.5, 0.6) is 0 Å². The highest BCUT2D eigenvalue weighted by molar-refractivity contribution is 5.81. The molecule has 4 heteroatoms. The van der Waals surface area contributed by atoms with E-state index in [-0.39, 0.29) is 0 Å². The molecule has 0 N–H and O–H groups in total. The zero-order valence-corrected chi connectivity index (χ0v) is 10.6. The molecule has 4 nitrogen and oxygen atoms in total. The van der Waals surface area contributed by atoms with Crippen molar-refractivity contribution in [1.82, 2.24) is 14.8 Å². The molecule has 3 rings (SSSR count). The molecule has 0 aromatic carbocycles. The van der Waals surface area contributed by atoms with Gasteiger partial charge >= 0.3 is 0 Å². The maximum Gasteiger partial charge on any atom is 0.225 e. The number of piperazine rings is 1. The van der Waals surface area contributed by atoms with Crippen LogP contribution in [0.2, 0.25) is 0 Å². The topological polar surface area (TPSA) is 36.4 Å². The van der Waals surface area contributed by atoms with Crippen molar-refractivity contribution < 1.29 is 4.79 Å². The molecule has 1 aliphatic carbocycles. The lowest BCUT2D eigenvalue weighted by Gasteiger charge is -2.34. The molecule has 0 bridgehead atoms. The van der Waals surface area contributed by atoms with Crippen molar-refractivity contribution in [2.24, 2.45) is 5.92 Å². The van der Waals surface area contributed by atoms with E-state index in [9.17, 15) is 4.79 Å². The van der Waals surface area contributed by atoms with E-state index in [1.54, 1.807) is 0 Å². The third-order valence-electron chi connectivity index (χ3n) is 3.77. The van der Waals surface area contributed by atoms with Crippen LogP contribution < -0.4 is 0 Å². The molecule has 2 fully saturated rings. The monoisotopic (exact) mass is 245 g/mol. The van der Waals surface area contributed by atoms with Crippen molar-refractivity contribution in [3.63, 3.8) is 0 Å². The Labute approximate surface area is 108 Å². The zero-order valence-electron chi connectivity index (χ0n) is 10.6. The number of aromatic nitrogens is 1. The Morgan fingerprint density at radius 3 is 2.44 bits per heavy atom. The van der Waals surface area contributed by atoms with Gasteiger partial charge in [0, 0.05) is 51.0 Å². The molecule has 18 heavy (non-hydrogen) atoms. The summed E-state index contributed by atoms with van der Waals surface area (Å²) in [7, 11) is 0. The Kier molecular flexibility index (Phi) is 3.28. The Hall–Kier alpha value is -1.42. The van der Waals surface area contributed by atoms with Crippen LogP contribution in [-0.4, -0.2) is 46.9 Å². The summed E-state index contributed by atoms with van der Waals surface area (Å²) in [6.45, 7) is 4.72. The summed E-state index contributed by atoms with van der Waals surface area (Å²) < 4.78 is 0. The van der Waals surface area contributed by atoms with Crippen molar-refractivity contribution >= 4 is 5.91 Å². The number of rotatable bonds is 3. The summed E-state index contributed by atoms with van der Waals surface area (Å²) in [5, 5.41) is 0. The summed E-state index contributed by atoms with van der Waals surface area (Å²) in [5.41, 5.74) is 1.30. The van der Waals surface area contributed by atoms with Gasteiger partial charge in [0.15, 0.2) is 0 Å². The van der Waals surface area contributed by atoms with E-state index in [2.05, 4.69) is 22.0 Å². The molecular weight excluding hydrogens is 226 g/mol. The molecular formula is C14H19N3O. The third-order valence-corrected chi connectivity index (χ3v) is 3.77. The molecule has 1 saturated heterocycles. The molecule has 1 saturated carbocycles. The second-order valence-corrected chi connectivity index (χ2v) is 5.23. The molecule has 0 atom stereocenters. The van der Waals surface area contributed by atoms with Gasteiger partial charge in [0.05, 0.1) is 0 Å². The minimum Gasteiger partial charge on any atom is -0.340 e. The van der Waals surface area contributed by atoms with Gasteiger partial charge in [-0.05, 0) is 30.5 Å². The predicted octanol–water partition coefficient (Wildman–Crippen LogP) is 1.14. The fourth-order valence-corrected chi connectivity index (χ4v) is 2.46. The van der Waals surface area contributed by atoms with Crippen LogP contribution in [0.4, 0.5) is 0 Å². The van der Waals surface area contributed by atoms with Crippen LogP contribution in [0.25, 0.3) is 0 Å².